The van der Waals surface area contributed by atoms with Crippen molar-refractivity contribution in [2.45, 2.75) is 45.1 Å². The summed E-state index contributed by atoms with van der Waals surface area (Å²) in [5.74, 6) is 0. The monoisotopic (exact) mass is 290 g/mol. The van der Waals surface area contributed by atoms with Gasteiger partial charge in [0.2, 0.25) is 0 Å². The summed E-state index contributed by atoms with van der Waals surface area (Å²) < 4.78 is 0. The van der Waals surface area contributed by atoms with Crippen LogP contribution in [-0.2, 0) is 6.42 Å². The van der Waals surface area contributed by atoms with Crippen LogP contribution < -0.4 is 10.6 Å². The Morgan fingerprint density at radius 3 is 2.57 bits per heavy atom. The second-order valence-electron chi connectivity index (χ2n) is 6.26. The summed E-state index contributed by atoms with van der Waals surface area (Å²) in [6.45, 7) is 2.96. The molecule has 1 aromatic rings. The number of carbonyl (C=O) groups is 1. The van der Waals surface area contributed by atoms with Crippen LogP contribution >= 0.6 is 0 Å². The summed E-state index contributed by atoms with van der Waals surface area (Å²) >= 11 is 0. The Labute approximate surface area is 126 Å². The van der Waals surface area contributed by atoms with Gasteiger partial charge in [-0.25, -0.2) is 4.79 Å². The lowest BCUT2D eigenvalue weighted by Crippen LogP contribution is -2.47. The van der Waals surface area contributed by atoms with Gasteiger partial charge in [-0.3, -0.25) is 0 Å². The van der Waals surface area contributed by atoms with E-state index in [2.05, 4.69) is 34.9 Å². The van der Waals surface area contributed by atoms with Crippen LogP contribution in [0.1, 0.15) is 38.2 Å². The zero-order chi connectivity index (χ0) is 15.1. The van der Waals surface area contributed by atoms with E-state index in [9.17, 15) is 4.79 Å². The van der Waals surface area contributed by atoms with Crippen LogP contribution in [0.4, 0.5) is 4.79 Å². The zero-order valence-electron chi connectivity index (χ0n) is 12.8. The van der Waals surface area contributed by atoms with Crippen LogP contribution in [0.25, 0.3) is 0 Å². The summed E-state index contributed by atoms with van der Waals surface area (Å²) in [7, 11) is 0. The molecule has 1 saturated carbocycles. The van der Waals surface area contributed by atoms with Crippen molar-refractivity contribution in [3.63, 3.8) is 0 Å². The second kappa shape index (κ2) is 7.46. The van der Waals surface area contributed by atoms with Gasteiger partial charge in [-0.1, -0.05) is 36.8 Å². The highest BCUT2D eigenvalue weighted by Crippen LogP contribution is 2.43. The third kappa shape index (κ3) is 5.05. The van der Waals surface area contributed by atoms with E-state index in [1.807, 2.05) is 6.07 Å². The molecule has 2 rings (SSSR count). The largest absolute Gasteiger partial charge is 0.393 e. The normalized spacial score (nSPS) is 17.6. The maximum atomic E-state index is 11.8. The van der Waals surface area contributed by atoms with Gasteiger partial charge in [-0.05, 0) is 43.6 Å². The summed E-state index contributed by atoms with van der Waals surface area (Å²) in [5, 5.41) is 14.9. The fourth-order valence-electron chi connectivity index (χ4n) is 2.85. The van der Waals surface area contributed by atoms with Crippen LogP contribution in [0.15, 0.2) is 30.3 Å². The van der Waals surface area contributed by atoms with E-state index in [1.54, 1.807) is 6.92 Å². The Bertz CT molecular complexity index is 441. The second-order valence-corrected chi connectivity index (χ2v) is 6.26. The first-order valence-electron chi connectivity index (χ1n) is 7.83. The molecule has 4 nitrogen and oxygen atoms in total. The third-order valence-corrected chi connectivity index (χ3v) is 4.31. The van der Waals surface area contributed by atoms with Gasteiger partial charge in [-0.15, -0.1) is 0 Å². The fraction of sp³-hybridized carbons (Fsp3) is 0.588. The predicted molar refractivity (Wildman–Crippen MR) is 84.1 cm³/mol. The first kappa shape index (κ1) is 15.8. The smallest absolute Gasteiger partial charge is 0.314 e. The standard InChI is InChI=1S/C17H26N2O2/c1-14(20)8-11-18-16(21)19-13-17(9-5-10-17)12-15-6-3-2-4-7-15/h2-4,6-7,14,20H,5,8-13H2,1H3,(H2,18,19,21). The molecular formula is C17H26N2O2. The lowest BCUT2D eigenvalue weighted by Gasteiger charge is -2.42. The molecule has 1 fully saturated rings. The molecule has 0 heterocycles. The van der Waals surface area contributed by atoms with Gasteiger partial charge in [0.05, 0.1) is 6.10 Å². The van der Waals surface area contributed by atoms with Crippen LogP contribution in [0, 0.1) is 5.41 Å². The van der Waals surface area contributed by atoms with Gasteiger partial charge < -0.3 is 15.7 Å². The molecule has 1 aromatic carbocycles. The highest BCUT2D eigenvalue weighted by molar-refractivity contribution is 5.73. The van der Waals surface area contributed by atoms with Crippen molar-refractivity contribution in [3.8, 4) is 0 Å². The molecule has 0 spiro atoms. The lowest BCUT2D eigenvalue weighted by molar-refractivity contribution is 0.131. The number of benzene rings is 1. The highest BCUT2D eigenvalue weighted by atomic mass is 16.3. The first-order valence-corrected chi connectivity index (χ1v) is 7.83. The van der Waals surface area contributed by atoms with E-state index in [4.69, 9.17) is 5.11 Å². The van der Waals surface area contributed by atoms with Gasteiger partial charge >= 0.3 is 6.03 Å². The molecule has 116 valence electrons. The number of hydrogen-bond donors (Lipinski definition) is 3. The quantitative estimate of drug-likeness (QED) is 0.722. The predicted octanol–water partition coefficient (Wildman–Crippen LogP) is 2.47. The van der Waals surface area contributed by atoms with Gasteiger partial charge in [0, 0.05) is 13.1 Å². The number of nitrogens with one attached hydrogen (secondary N) is 2. The van der Waals surface area contributed by atoms with Gasteiger partial charge in [0.15, 0.2) is 0 Å². The van der Waals surface area contributed by atoms with Crippen molar-refractivity contribution in [1.29, 1.82) is 0 Å². The van der Waals surface area contributed by atoms with Crippen molar-refractivity contribution in [1.82, 2.24) is 10.6 Å². The Balaban J connectivity index is 1.76. The van der Waals surface area contributed by atoms with E-state index in [-0.39, 0.29) is 17.6 Å². The molecular weight excluding hydrogens is 264 g/mol. The first-order chi connectivity index (χ1) is 10.1. The number of carbonyl (C=O) groups excluding carboxylic acids is 1. The average Bonchev–Trinajstić information content (AvgIpc) is 2.42. The van der Waals surface area contributed by atoms with Crippen molar-refractivity contribution < 1.29 is 9.90 Å². The summed E-state index contributed by atoms with van der Waals surface area (Å²) in [6, 6.07) is 10.3. The minimum Gasteiger partial charge on any atom is -0.393 e. The Kier molecular flexibility index (Phi) is 5.62. The molecule has 1 atom stereocenters. The van der Waals surface area contributed by atoms with Crippen LogP contribution in [0.2, 0.25) is 0 Å². The Morgan fingerprint density at radius 1 is 1.29 bits per heavy atom. The van der Waals surface area contributed by atoms with E-state index in [0.717, 1.165) is 13.0 Å². The number of urea groups is 1. The molecule has 4 heteroatoms. The van der Waals surface area contributed by atoms with Crippen molar-refractivity contribution in [3.05, 3.63) is 35.9 Å². The van der Waals surface area contributed by atoms with Crippen LogP contribution in [0.5, 0.6) is 0 Å². The molecule has 3 N–H and O–H groups in total. The molecule has 2 amide bonds. The van der Waals surface area contributed by atoms with E-state index >= 15 is 0 Å². The molecule has 0 aliphatic heterocycles. The molecule has 0 saturated heterocycles. The molecule has 21 heavy (non-hydrogen) atoms. The topological polar surface area (TPSA) is 61.4 Å². The fourth-order valence-corrected chi connectivity index (χ4v) is 2.85. The van der Waals surface area contributed by atoms with Crippen molar-refractivity contribution in [2.24, 2.45) is 5.41 Å². The lowest BCUT2D eigenvalue weighted by atomic mass is 9.65. The number of hydrogen-bond acceptors (Lipinski definition) is 2. The summed E-state index contributed by atoms with van der Waals surface area (Å²) in [4.78, 5) is 11.8. The molecule has 0 radical (unpaired) electrons. The molecule has 1 aliphatic rings. The third-order valence-electron chi connectivity index (χ3n) is 4.31. The zero-order valence-corrected chi connectivity index (χ0v) is 12.8. The number of rotatable bonds is 7. The van der Waals surface area contributed by atoms with Gasteiger partial charge in [-0.2, -0.15) is 0 Å². The average molecular weight is 290 g/mol. The van der Waals surface area contributed by atoms with E-state index in [1.165, 1.54) is 24.8 Å². The van der Waals surface area contributed by atoms with Gasteiger partial charge in [0.25, 0.3) is 0 Å². The maximum absolute atomic E-state index is 11.8. The molecule has 1 unspecified atom stereocenters. The minimum atomic E-state index is -0.374. The minimum absolute atomic E-state index is 0.130. The van der Waals surface area contributed by atoms with Gasteiger partial charge in [0.1, 0.15) is 0 Å². The summed E-state index contributed by atoms with van der Waals surface area (Å²) in [6.07, 6.45) is 4.84. The number of amides is 2. The van der Waals surface area contributed by atoms with E-state index < -0.39 is 0 Å². The van der Waals surface area contributed by atoms with E-state index in [0.29, 0.717) is 13.0 Å². The van der Waals surface area contributed by atoms with Crippen molar-refractivity contribution in [2.75, 3.05) is 13.1 Å². The van der Waals surface area contributed by atoms with Crippen molar-refractivity contribution >= 4 is 6.03 Å². The SMILES string of the molecule is CC(O)CCNC(=O)NCC1(Cc2ccccc2)CCC1. The van der Waals surface area contributed by atoms with Crippen LogP contribution in [-0.4, -0.2) is 30.3 Å². The number of aliphatic hydroxyl groups excluding tert-OH is 1. The maximum Gasteiger partial charge on any atom is 0.314 e. The summed E-state index contributed by atoms with van der Waals surface area (Å²) in [5.41, 5.74) is 1.57. The highest BCUT2D eigenvalue weighted by Gasteiger charge is 2.37. The van der Waals surface area contributed by atoms with Crippen LogP contribution in [0.3, 0.4) is 0 Å². The molecule has 0 aromatic heterocycles. The molecule has 0 bridgehead atoms. The number of aliphatic hydroxyl groups is 1. The molecule has 1 aliphatic carbocycles. The Morgan fingerprint density at radius 2 is 2.00 bits per heavy atom. The Hall–Kier alpha value is -1.55.